The Bertz CT molecular complexity index is 2120. The Labute approximate surface area is 215 Å². The molecule has 0 N–H and O–H groups in total. The highest BCUT2D eigenvalue weighted by Crippen LogP contribution is 2.59. The smallest absolute Gasteiger partial charge is 0.141 e. The second kappa shape index (κ2) is 6.06. The lowest BCUT2D eigenvalue weighted by molar-refractivity contribution is 0.614. The molecule has 0 radical (unpaired) electrons. The Kier molecular flexibility index (Phi) is 3.28. The molecule has 0 atom stereocenters. The Morgan fingerprint density at radius 2 is 1.16 bits per heavy atom. The van der Waals surface area contributed by atoms with Crippen molar-refractivity contribution in [3.05, 3.63) is 107 Å². The van der Waals surface area contributed by atoms with E-state index in [1.807, 2.05) is 6.26 Å². The summed E-state index contributed by atoms with van der Waals surface area (Å²) in [5, 5.41) is 9.33. The van der Waals surface area contributed by atoms with E-state index in [4.69, 9.17) is 4.42 Å². The van der Waals surface area contributed by atoms with Crippen LogP contribution >= 0.6 is 0 Å². The predicted octanol–water partition coefficient (Wildman–Crippen LogP) is 9.94. The average molecular weight is 475 g/mol. The van der Waals surface area contributed by atoms with Crippen LogP contribution in [0.1, 0.15) is 49.9 Å². The Morgan fingerprint density at radius 3 is 1.95 bits per heavy atom. The van der Waals surface area contributed by atoms with E-state index >= 15 is 0 Å². The molecular weight excluding hydrogens is 448 g/mol. The van der Waals surface area contributed by atoms with Crippen LogP contribution in [-0.4, -0.2) is 0 Å². The highest BCUT2D eigenvalue weighted by atomic mass is 16.3. The molecule has 0 unspecified atom stereocenters. The molecule has 0 aliphatic heterocycles. The molecule has 2 aliphatic carbocycles. The molecule has 1 heteroatoms. The van der Waals surface area contributed by atoms with Gasteiger partial charge >= 0.3 is 0 Å². The van der Waals surface area contributed by atoms with Crippen molar-refractivity contribution in [3.63, 3.8) is 0 Å². The van der Waals surface area contributed by atoms with Gasteiger partial charge in [-0.15, -0.1) is 0 Å². The molecule has 2 aliphatic rings. The van der Waals surface area contributed by atoms with Crippen LogP contribution < -0.4 is 0 Å². The third-order valence-corrected chi connectivity index (χ3v) is 9.66. The highest BCUT2D eigenvalue weighted by molar-refractivity contribution is 6.26. The first kappa shape index (κ1) is 20.0. The quantitative estimate of drug-likeness (QED) is 0.199. The number of benzene rings is 6. The predicted molar refractivity (Wildman–Crippen MR) is 155 cm³/mol. The van der Waals surface area contributed by atoms with Gasteiger partial charge < -0.3 is 4.42 Å². The fourth-order valence-electron chi connectivity index (χ4n) is 7.75. The summed E-state index contributed by atoms with van der Waals surface area (Å²) < 4.78 is 6.07. The first-order chi connectivity index (χ1) is 17.9. The van der Waals surface area contributed by atoms with Crippen molar-refractivity contribution in [1.82, 2.24) is 0 Å². The minimum Gasteiger partial charge on any atom is -0.464 e. The van der Waals surface area contributed by atoms with Crippen LogP contribution in [0.2, 0.25) is 0 Å². The largest absolute Gasteiger partial charge is 0.464 e. The molecule has 0 saturated heterocycles. The lowest BCUT2D eigenvalue weighted by atomic mass is 9.79. The summed E-state index contributed by atoms with van der Waals surface area (Å²) >= 11 is 0. The van der Waals surface area contributed by atoms with Gasteiger partial charge in [-0.3, -0.25) is 0 Å². The molecule has 1 nitrogen and oxygen atoms in total. The fraction of sp³-hybridized carbons (Fsp3) is 0.167. The van der Waals surface area contributed by atoms with Gasteiger partial charge in [0.1, 0.15) is 5.58 Å². The van der Waals surface area contributed by atoms with Gasteiger partial charge in [-0.25, -0.2) is 0 Å². The highest BCUT2D eigenvalue weighted by Gasteiger charge is 2.43. The van der Waals surface area contributed by atoms with Crippen LogP contribution in [0.15, 0.2) is 89.5 Å². The van der Waals surface area contributed by atoms with Crippen molar-refractivity contribution in [2.75, 3.05) is 0 Å². The normalized spacial score (nSPS) is 16.5. The molecule has 37 heavy (non-hydrogen) atoms. The van der Waals surface area contributed by atoms with Crippen molar-refractivity contribution in [3.8, 4) is 22.3 Å². The molecule has 0 bridgehead atoms. The van der Waals surface area contributed by atoms with Gasteiger partial charge in [-0.1, -0.05) is 82.3 Å². The lowest BCUT2D eigenvalue weighted by Gasteiger charge is -2.24. The fourth-order valence-corrected chi connectivity index (χ4v) is 7.75. The van der Waals surface area contributed by atoms with Crippen molar-refractivity contribution >= 4 is 43.3 Å². The molecule has 176 valence electrons. The molecule has 1 heterocycles. The van der Waals surface area contributed by atoms with Crippen molar-refractivity contribution in [1.29, 1.82) is 0 Å². The molecular formula is C36H26O. The van der Waals surface area contributed by atoms with Crippen LogP contribution in [0, 0.1) is 0 Å². The van der Waals surface area contributed by atoms with Crippen LogP contribution in [0.25, 0.3) is 65.5 Å². The maximum absolute atomic E-state index is 6.07. The van der Waals surface area contributed by atoms with Crippen LogP contribution in [-0.2, 0) is 10.8 Å². The van der Waals surface area contributed by atoms with Gasteiger partial charge in [0.2, 0.25) is 0 Å². The second-order valence-electron chi connectivity index (χ2n) is 12.2. The molecule has 0 saturated carbocycles. The van der Waals surface area contributed by atoms with Gasteiger partial charge in [0.15, 0.2) is 0 Å². The Morgan fingerprint density at radius 1 is 0.514 bits per heavy atom. The van der Waals surface area contributed by atoms with Gasteiger partial charge in [0.25, 0.3) is 0 Å². The SMILES string of the molecule is CC1(C)c2cc3c(cc2-c2c1cc1ccc4cccc5ccc2c1c45)C(C)(C)c1ccc2ccoc2c1-3. The van der Waals surface area contributed by atoms with Gasteiger partial charge in [0, 0.05) is 21.8 Å². The van der Waals surface area contributed by atoms with E-state index in [1.165, 1.54) is 82.2 Å². The van der Waals surface area contributed by atoms with Crippen LogP contribution in [0.5, 0.6) is 0 Å². The maximum Gasteiger partial charge on any atom is 0.141 e. The molecule has 0 fully saturated rings. The zero-order valence-corrected chi connectivity index (χ0v) is 21.5. The van der Waals surface area contributed by atoms with Crippen LogP contribution in [0.3, 0.4) is 0 Å². The summed E-state index contributed by atoms with van der Waals surface area (Å²) in [6, 6.07) is 30.0. The molecule has 1 aromatic heterocycles. The van der Waals surface area contributed by atoms with E-state index in [1.54, 1.807) is 0 Å². The lowest BCUT2D eigenvalue weighted by Crippen LogP contribution is -2.17. The van der Waals surface area contributed by atoms with Gasteiger partial charge in [-0.05, 0) is 95.5 Å². The molecule has 7 aromatic rings. The van der Waals surface area contributed by atoms with Gasteiger partial charge in [-0.2, -0.15) is 0 Å². The number of hydrogen-bond acceptors (Lipinski definition) is 1. The van der Waals surface area contributed by atoms with E-state index in [2.05, 4.69) is 107 Å². The van der Waals surface area contributed by atoms with Gasteiger partial charge in [0.05, 0.1) is 6.26 Å². The van der Waals surface area contributed by atoms with Crippen molar-refractivity contribution in [2.45, 2.75) is 38.5 Å². The average Bonchev–Trinajstić information content (AvgIpc) is 3.52. The molecule has 6 aromatic carbocycles. The number of hydrogen-bond donors (Lipinski definition) is 0. The third kappa shape index (κ3) is 2.16. The zero-order valence-electron chi connectivity index (χ0n) is 21.5. The molecule has 0 amide bonds. The Balaban J connectivity index is 1.43. The van der Waals surface area contributed by atoms with E-state index < -0.39 is 0 Å². The van der Waals surface area contributed by atoms with Crippen molar-refractivity contribution < 1.29 is 4.42 Å². The maximum atomic E-state index is 6.07. The molecule has 0 spiro atoms. The summed E-state index contributed by atoms with van der Waals surface area (Å²) in [5.74, 6) is 0. The number of furan rings is 1. The summed E-state index contributed by atoms with van der Waals surface area (Å²) in [6.45, 7) is 9.53. The first-order valence-corrected chi connectivity index (χ1v) is 13.3. The molecule has 9 rings (SSSR count). The standard InChI is InChI=1S/C36H26O/c1-35(2)26-13-11-21-14-15-37-34(21)33(26)25-18-27-24(17-28(25)35)32-23-12-10-20-7-5-6-19-8-9-22(31(23)30(19)20)16-29(32)36(27,3)4/h5-18H,1-4H3. The summed E-state index contributed by atoms with van der Waals surface area (Å²) in [5.41, 5.74) is 11.9. The number of rotatable bonds is 0. The first-order valence-electron chi connectivity index (χ1n) is 13.3. The third-order valence-electron chi connectivity index (χ3n) is 9.66. The van der Waals surface area contributed by atoms with Crippen molar-refractivity contribution in [2.24, 2.45) is 0 Å². The zero-order chi connectivity index (χ0) is 24.8. The summed E-state index contributed by atoms with van der Waals surface area (Å²) in [4.78, 5) is 0. The minimum absolute atomic E-state index is 0.0860. The number of fused-ring (bicyclic) bond motifs is 9. The van der Waals surface area contributed by atoms with E-state index in [0.717, 1.165) is 5.58 Å². The van der Waals surface area contributed by atoms with E-state index in [0.29, 0.717) is 0 Å². The van der Waals surface area contributed by atoms with Crippen LogP contribution in [0.4, 0.5) is 0 Å². The second-order valence-corrected chi connectivity index (χ2v) is 12.2. The topological polar surface area (TPSA) is 13.1 Å². The monoisotopic (exact) mass is 474 g/mol. The summed E-state index contributed by atoms with van der Waals surface area (Å²) in [7, 11) is 0. The Hall–Kier alpha value is -4.10. The van der Waals surface area contributed by atoms with E-state index in [-0.39, 0.29) is 10.8 Å². The minimum atomic E-state index is -0.0892. The summed E-state index contributed by atoms with van der Waals surface area (Å²) in [6.07, 6.45) is 1.82. The van der Waals surface area contributed by atoms with E-state index in [9.17, 15) is 0 Å².